The molecule has 0 spiro atoms. The number of ether oxygens (including phenoxy) is 2. The number of benzene rings is 2. The zero-order valence-electron chi connectivity index (χ0n) is 15.4. The van der Waals surface area contributed by atoms with Gasteiger partial charge in [-0.25, -0.2) is 9.38 Å². The number of carbonyl (C=O) groups is 1. The Hall–Kier alpha value is -2.95. The Morgan fingerprint density at radius 3 is 2.76 bits per heavy atom. The normalized spacial score (nSPS) is 16.0. The first-order valence-electron chi connectivity index (χ1n) is 8.58. The lowest BCUT2D eigenvalue weighted by molar-refractivity contribution is -0.115. The van der Waals surface area contributed by atoms with Crippen molar-refractivity contribution in [2.75, 3.05) is 13.2 Å². The van der Waals surface area contributed by atoms with Crippen LogP contribution in [0.4, 0.5) is 10.1 Å². The molecule has 1 heterocycles. The van der Waals surface area contributed by atoms with Crippen molar-refractivity contribution in [2.45, 2.75) is 6.92 Å². The van der Waals surface area contributed by atoms with E-state index in [4.69, 9.17) is 27.5 Å². The van der Waals surface area contributed by atoms with Crippen LogP contribution in [0.3, 0.4) is 0 Å². The van der Waals surface area contributed by atoms with E-state index in [0.717, 1.165) is 0 Å². The zero-order chi connectivity index (χ0) is 20.8. The number of amidine groups is 1. The minimum absolute atomic E-state index is 0.0572. The molecule has 1 aliphatic heterocycles. The molecule has 2 aromatic rings. The summed E-state index contributed by atoms with van der Waals surface area (Å²) in [6.07, 6.45) is 6.91. The van der Waals surface area contributed by atoms with Gasteiger partial charge in [0.05, 0.1) is 22.2 Å². The fourth-order valence-corrected chi connectivity index (χ4v) is 3.57. The predicted molar refractivity (Wildman–Crippen MR) is 114 cm³/mol. The van der Waals surface area contributed by atoms with Crippen molar-refractivity contribution in [1.29, 1.82) is 0 Å². The minimum atomic E-state index is -0.353. The van der Waals surface area contributed by atoms with Gasteiger partial charge < -0.3 is 14.8 Å². The molecule has 148 valence electrons. The molecule has 1 aliphatic rings. The van der Waals surface area contributed by atoms with Crippen molar-refractivity contribution >= 4 is 46.2 Å². The van der Waals surface area contributed by atoms with Gasteiger partial charge in [-0.15, -0.1) is 6.42 Å². The highest BCUT2D eigenvalue weighted by atomic mass is 35.5. The molecule has 3 rings (SSSR count). The monoisotopic (exact) mass is 430 g/mol. The Bertz CT molecular complexity index is 1030. The van der Waals surface area contributed by atoms with Crippen molar-refractivity contribution < 1.29 is 18.7 Å². The van der Waals surface area contributed by atoms with Crippen LogP contribution >= 0.6 is 23.4 Å². The summed E-state index contributed by atoms with van der Waals surface area (Å²) in [5.74, 6) is 2.53. The number of carbonyl (C=O) groups excluding carboxylic acids is 1. The van der Waals surface area contributed by atoms with Gasteiger partial charge in [-0.1, -0.05) is 17.5 Å². The number of halogens is 2. The van der Waals surface area contributed by atoms with E-state index in [0.29, 0.717) is 44.5 Å². The van der Waals surface area contributed by atoms with Crippen molar-refractivity contribution in [1.82, 2.24) is 5.32 Å². The highest BCUT2D eigenvalue weighted by Gasteiger charge is 2.24. The topological polar surface area (TPSA) is 59.9 Å². The van der Waals surface area contributed by atoms with Gasteiger partial charge in [0.15, 0.2) is 16.7 Å². The third-order valence-electron chi connectivity index (χ3n) is 3.64. The molecule has 1 fully saturated rings. The Labute approximate surface area is 177 Å². The second-order valence-corrected chi connectivity index (χ2v) is 7.15. The maximum atomic E-state index is 13.0. The molecule has 1 amide bonds. The van der Waals surface area contributed by atoms with Crippen molar-refractivity contribution in [3.8, 4) is 23.8 Å². The number of thioether (sulfide) groups is 1. The Morgan fingerprint density at radius 1 is 1.31 bits per heavy atom. The number of nitrogens with zero attached hydrogens (tertiary/aromatic N) is 1. The largest absolute Gasteiger partial charge is 0.490 e. The van der Waals surface area contributed by atoms with E-state index in [9.17, 15) is 9.18 Å². The third-order valence-corrected chi connectivity index (χ3v) is 4.83. The number of rotatable bonds is 6. The van der Waals surface area contributed by atoms with E-state index >= 15 is 0 Å². The number of hydrogen-bond acceptors (Lipinski definition) is 5. The summed E-state index contributed by atoms with van der Waals surface area (Å²) in [5, 5.41) is 3.40. The number of nitrogens with one attached hydrogen (secondary N) is 1. The number of hydrogen-bond donors (Lipinski definition) is 1. The molecule has 8 heteroatoms. The first-order valence-corrected chi connectivity index (χ1v) is 9.77. The molecule has 2 aromatic carbocycles. The SMILES string of the molecule is C#CCOc1c(Cl)cc(/C=C2\SC(=Nc3ccc(F)cc3)NC2=O)cc1OCC. The molecular weight excluding hydrogens is 415 g/mol. The molecule has 0 radical (unpaired) electrons. The van der Waals surface area contributed by atoms with E-state index in [1.54, 1.807) is 18.2 Å². The van der Waals surface area contributed by atoms with Gasteiger partial charge in [-0.3, -0.25) is 4.79 Å². The number of amides is 1. The highest BCUT2D eigenvalue weighted by molar-refractivity contribution is 8.18. The van der Waals surface area contributed by atoms with Crippen molar-refractivity contribution in [2.24, 2.45) is 4.99 Å². The van der Waals surface area contributed by atoms with Gasteiger partial charge in [0.25, 0.3) is 5.91 Å². The minimum Gasteiger partial charge on any atom is -0.490 e. The van der Waals surface area contributed by atoms with Crippen LogP contribution in [0.2, 0.25) is 5.02 Å². The van der Waals surface area contributed by atoms with Crippen LogP contribution in [-0.4, -0.2) is 24.3 Å². The van der Waals surface area contributed by atoms with E-state index in [2.05, 4.69) is 16.2 Å². The molecule has 0 unspecified atom stereocenters. The smallest absolute Gasteiger partial charge is 0.264 e. The van der Waals surface area contributed by atoms with Crippen LogP contribution in [0.5, 0.6) is 11.5 Å². The molecule has 0 saturated carbocycles. The zero-order valence-corrected chi connectivity index (χ0v) is 16.9. The number of terminal acetylenes is 1. The molecule has 0 aliphatic carbocycles. The molecule has 0 aromatic heterocycles. The standard InChI is InChI=1S/C21H16ClFN2O3S/c1-3-9-28-19-16(22)10-13(11-17(19)27-4-2)12-18-20(26)25-21(29-18)24-15-7-5-14(23)6-8-15/h1,5-8,10-12H,4,9H2,2H3,(H,24,25,26)/b18-12-. The second kappa shape index (κ2) is 9.50. The number of aliphatic imine (C=N–C) groups is 1. The average Bonchev–Trinajstić information content (AvgIpc) is 3.02. The third kappa shape index (κ3) is 5.31. The lowest BCUT2D eigenvalue weighted by Gasteiger charge is -2.13. The van der Waals surface area contributed by atoms with Crippen LogP contribution in [0.15, 0.2) is 46.3 Å². The molecular formula is C21H16ClFN2O3S. The van der Waals surface area contributed by atoms with E-state index < -0.39 is 0 Å². The molecule has 29 heavy (non-hydrogen) atoms. The Kier molecular flexibility index (Phi) is 6.81. The van der Waals surface area contributed by atoms with Crippen molar-refractivity contribution in [3.05, 3.63) is 57.7 Å². The summed E-state index contributed by atoms with van der Waals surface area (Å²) < 4.78 is 24.1. The molecule has 1 saturated heterocycles. The summed E-state index contributed by atoms with van der Waals surface area (Å²) in [6, 6.07) is 9.04. The summed E-state index contributed by atoms with van der Waals surface area (Å²) in [5.41, 5.74) is 1.19. The maximum absolute atomic E-state index is 13.0. The lowest BCUT2D eigenvalue weighted by Crippen LogP contribution is -2.19. The van der Waals surface area contributed by atoms with Gasteiger partial charge in [0.1, 0.15) is 12.4 Å². The van der Waals surface area contributed by atoms with Gasteiger partial charge in [0, 0.05) is 0 Å². The molecule has 5 nitrogen and oxygen atoms in total. The molecule has 0 bridgehead atoms. The Morgan fingerprint density at radius 2 is 2.07 bits per heavy atom. The molecule has 1 N–H and O–H groups in total. The first-order chi connectivity index (χ1) is 14.0. The van der Waals surface area contributed by atoms with E-state index in [-0.39, 0.29) is 18.3 Å². The Balaban J connectivity index is 1.86. The quantitative estimate of drug-likeness (QED) is 0.529. The average molecular weight is 431 g/mol. The van der Waals surface area contributed by atoms with Gasteiger partial charge >= 0.3 is 0 Å². The summed E-state index contributed by atoms with van der Waals surface area (Å²) in [6.45, 7) is 2.30. The fourth-order valence-electron chi connectivity index (χ4n) is 2.45. The van der Waals surface area contributed by atoms with Crippen LogP contribution in [0, 0.1) is 18.2 Å². The maximum Gasteiger partial charge on any atom is 0.264 e. The van der Waals surface area contributed by atoms with Gasteiger partial charge in [-0.05, 0) is 66.7 Å². The second-order valence-electron chi connectivity index (χ2n) is 5.71. The van der Waals surface area contributed by atoms with E-state index in [1.807, 2.05) is 6.92 Å². The van der Waals surface area contributed by atoms with Crippen LogP contribution < -0.4 is 14.8 Å². The van der Waals surface area contributed by atoms with Crippen LogP contribution in [0.25, 0.3) is 6.08 Å². The van der Waals surface area contributed by atoms with Gasteiger partial charge in [0.2, 0.25) is 0 Å². The fraction of sp³-hybridized carbons (Fsp3) is 0.143. The van der Waals surface area contributed by atoms with Crippen LogP contribution in [0.1, 0.15) is 12.5 Å². The van der Waals surface area contributed by atoms with Crippen molar-refractivity contribution in [3.63, 3.8) is 0 Å². The lowest BCUT2D eigenvalue weighted by atomic mass is 10.2. The first kappa shape index (κ1) is 20.8. The summed E-state index contributed by atoms with van der Waals surface area (Å²) >= 11 is 7.48. The highest BCUT2D eigenvalue weighted by Crippen LogP contribution is 2.38. The van der Waals surface area contributed by atoms with Crippen LogP contribution in [-0.2, 0) is 4.79 Å². The van der Waals surface area contributed by atoms with Gasteiger partial charge in [-0.2, -0.15) is 0 Å². The van der Waals surface area contributed by atoms with E-state index in [1.165, 1.54) is 36.0 Å². The predicted octanol–water partition coefficient (Wildman–Crippen LogP) is 4.78. The molecule has 0 atom stereocenters. The summed E-state index contributed by atoms with van der Waals surface area (Å²) in [7, 11) is 0. The summed E-state index contributed by atoms with van der Waals surface area (Å²) in [4.78, 5) is 17.0.